The van der Waals surface area contributed by atoms with Crippen molar-refractivity contribution in [2.45, 2.75) is 26.7 Å². The molecule has 1 saturated heterocycles. The number of aliphatic imine (C=N–C) groups is 1. The van der Waals surface area contributed by atoms with E-state index in [1.807, 2.05) is 13.8 Å². The van der Waals surface area contributed by atoms with E-state index >= 15 is 0 Å². The molecule has 1 fully saturated rings. The summed E-state index contributed by atoms with van der Waals surface area (Å²) < 4.78 is 10.5. The van der Waals surface area contributed by atoms with Crippen molar-refractivity contribution in [1.29, 1.82) is 0 Å². The van der Waals surface area contributed by atoms with E-state index < -0.39 is 0 Å². The Hall–Kier alpha value is -1.60. The number of aromatic nitrogens is 1. The summed E-state index contributed by atoms with van der Waals surface area (Å²) in [5.74, 6) is 1.78. The summed E-state index contributed by atoms with van der Waals surface area (Å²) in [7, 11) is 1.80. The van der Waals surface area contributed by atoms with Crippen molar-refractivity contribution >= 4 is 5.96 Å². The number of ether oxygens (including phenoxy) is 1. The van der Waals surface area contributed by atoms with Crippen LogP contribution in [0.3, 0.4) is 0 Å². The Labute approximate surface area is 138 Å². The quantitative estimate of drug-likeness (QED) is 0.438. The summed E-state index contributed by atoms with van der Waals surface area (Å²) in [5.41, 5.74) is 2.22. The van der Waals surface area contributed by atoms with Gasteiger partial charge in [0.25, 0.3) is 0 Å². The van der Waals surface area contributed by atoms with Crippen molar-refractivity contribution in [3.05, 3.63) is 17.0 Å². The summed E-state index contributed by atoms with van der Waals surface area (Å²) in [6, 6.07) is 0. The third-order valence-corrected chi connectivity index (χ3v) is 4.13. The molecule has 7 nitrogen and oxygen atoms in total. The first-order chi connectivity index (χ1) is 11.2. The van der Waals surface area contributed by atoms with Crippen LogP contribution in [0, 0.1) is 13.8 Å². The zero-order valence-corrected chi connectivity index (χ0v) is 14.5. The number of nitrogens with zero attached hydrogens (tertiary/aromatic N) is 3. The molecule has 0 aliphatic carbocycles. The van der Waals surface area contributed by atoms with Crippen LogP contribution in [0.4, 0.5) is 0 Å². The Bertz CT molecular complexity index is 475. The average molecular weight is 323 g/mol. The van der Waals surface area contributed by atoms with Crippen LogP contribution in [-0.2, 0) is 11.2 Å². The van der Waals surface area contributed by atoms with E-state index in [9.17, 15) is 0 Å². The molecule has 0 atom stereocenters. The van der Waals surface area contributed by atoms with Crippen molar-refractivity contribution in [3.63, 3.8) is 0 Å². The summed E-state index contributed by atoms with van der Waals surface area (Å²) in [5, 5.41) is 10.7. The maximum Gasteiger partial charge on any atom is 0.191 e. The van der Waals surface area contributed by atoms with Crippen molar-refractivity contribution in [2.24, 2.45) is 4.99 Å². The lowest BCUT2D eigenvalue weighted by Gasteiger charge is -2.26. The number of nitrogens with one attached hydrogen (secondary N) is 2. The fourth-order valence-electron chi connectivity index (χ4n) is 2.71. The number of aryl methyl sites for hydroxylation is 2. The van der Waals surface area contributed by atoms with Crippen LogP contribution < -0.4 is 10.6 Å². The third kappa shape index (κ3) is 5.84. The number of rotatable bonds is 7. The van der Waals surface area contributed by atoms with E-state index in [0.29, 0.717) is 0 Å². The molecule has 0 unspecified atom stereocenters. The molecule has 2 rings (SSSR count). The average Bonchev–Trinajstić information content (AvgIpc) is 2.89. The van der Waals surface area contributed by atoms with Gasteiger partial charge in [0.05, 0.1) is 18.9 Å². The lowest BCUT2D eigenvalue weighted by molar-refractivity contribution is 0.0389. The Morgan fingerprint density at radius 2 is 1.96 bits per heavy atom. The van der Waals surface area contributed by atoms with E-state index in [-0.39, 0.29) is 0 Å². The summed E-state index contributed by atoms with van der Waals surface area (Å²) in [6.07, 6.45) is 1.99. The largest absolute Gasteiger partial charge is 0.379 e. The van der Waals surface area contributed by atoms with Gasteiger partial charge in [0, 0.05) is 45.3 Å². The van der Waals surface area contributed by atoms with Gasteiger partial charge in [-0.1, -0.05) is 5.16 Å². The Morgan fingerprint density at radius 3 is 2.61 bits per heavy atom. The minimum atomic E-state index is 0.842. The van der Waals surface area contributed by atoms with Crippen LogP contribution >= 0.6 is 0 Å². The van der Waals surface area contributed by atoms with Crippen LogP contribution in [0.2, 0.25) is 0 Å². The first kappa shape index (κ1) is 17.7. The molecule has 2 N–H and O–H groups in total. The van der Waals surface area contributed by atoms with Gasteiger partial charge in [-0.2, -0.15) is 0 Å². The molecule has 1 aromatic heterocycles. The van der Waals surface area contributed by atoms with Crippen molar-refractivity contribution < 1.29 is 9.26 Å². The molecule has 130 valence electrons. The maximum absolute atomic E-state index is 5.35. The van der Waals surface area contributed by atoms with Gasteiger partial charge in [-0.05, 0) is 26.7 Å². The highest BCUT2D eigenvalue weighted by atomic mass is 16.5. The number of hydrogen-bond acceptors (Lipinski definition) is 5. The van der Waals surface area contributed by atoms with Gasteiger partial charge in [-0.25, -0.2) is 0 Å². The molecule has 1 aromatic rings. The molecular formula is C16H29N5O2. The molecule has 0 radical (unpaired) electrons. The zero-order chi connectivity index (χ0) is 16.5. The van der Waals surface area contributed by atoms with E-state index in [1.165, 1.54) is 5.56 Å². The minimum absolute atomic E-state index is 0.842. The SMILES string of the molecule is CN=C(NCCCc1c(C)noc1C)NCCN1CCOCC1. The Balaban J connectivity index is 1.59. The lowest BCUT2D eigenvalue weighted by atomic mass is 10.1. The van der Waals surface area contributed by atoms with Crippen LogP contribution in [0.25, 0.3) is 0 Å². The molecule has 0 spiro atoms. The highest BCUT2D eigenvalue weighted by Crippen LogP contribution is 2.13. The van der Waals surface area contributed by atoms with Crippen LogP contribution in [0.15, 0.2) is 9.52 Å². The van der Waals surface area contributed by atoms with Crippen LogP contribution in [0.5, 0.6) is 0 Å². The fourth-order valence-corrected chi connectivity index (χ4v) is 2.71. The predicted molar refractivity (Wildman–Crippen MR) is 90.9 cm³/mol. The smallest absolute Gasteiger partial charge is 0.191 e. The van der Waals surface area contributed by atoms with E-state index in [1.54, 1.807) is 7.05 Å². The Morgan fingerprint density at radius 1 is 1.22 bits per heavy atom. The first-order valence-electron chi connectivity index (χ1n) is 8.37. The number of morpholine rings is 1. The summed E-state index contributed by atoms with van der Waals surface area (Å²) in [6.45, 7) is 10.5. The number of guanidine groups is 1. The first-order valence-corrected chi connectivity index (χ1v) is 8.37. The van der Waals surface area contributed by atoms with E-state index in [0.717, 1.165) is 76.2 Å². The second-order valence-electron chi connectivity index (χ2n) is 5.79. The molecule has 0 saturated carbocycles. The second kappa shape index (κ2) is 9.52. The zero-order valence-electron chi connectivity index (χ0n) is 14.5. The monoisotopic (exact) mass is 323 g/mol. The molecule has 0 amide bonds. The van der Waals surface area contributed by atoms with Gasteiger partial charge in [0.1, 0.15) is 5.76 Å². The third-order valence-electron chi connectivity index (χ3n) is 4.13. The van der Waals surface area contributed by atoms with Gasteiger partial charge in [-0.15, -0.1) is 0 Å². The maximum atomic E-state index is 5.35. The highest BCUT2D eigenvalue weighted by Gasteiger charge is 2.10. The summed E-state index contributed by atoms with van der Waals surface area (Å²) in [4.78, 5) is 6.66. The van der Waals surface area contributed by atoms with Gasteiger partial charge in [-0.3, -0.25) is 9.89 Å². The topological polar surface area (TPSA) is 74.9 Å². The van der Waals surface area contributed by atoms with Crippen molar-refractivity contribution in [2.75, 3.05) is 53.0 Å². The van der Waals surface area contributed by atoms with Gasteiger partial charge in [0.15, 0.2) is 5.96 Å². The molecule has 1 aliphatic rings. The summed E-state index contributed by atoms with van der Waals surface area (Å²) >= 11 is 0. The molecule has 7 heteroatoms. The molecular weight excluding hydrogens is 294 g/mol. The van der Waals surface area contributed by atoms with Gasteiger partial charge in [0.2, 0.25) is 0 Å². The Kier molecular flexibility index (Phi) is 7.35. The normalized spacial score (nSPS) is 16.6. The molecule has 0 bridgehead atoms. The molecule has 1 aliphatic heterocycles. The highest BCUT2D eigenvalue weighted by molar-refractivity contribution is 5.79. The van der Waals surface area contributed by atoms with Crippen LogP contribution in [0.1, 0.15) is 23.4 Å². The van der Waals surface area contributed by atoms with Crippen molar-refractivity contribution in [3.8, 4) is 0 Å². The second-order valence-corrected chi connectivity index (χ2v) is 5.79. The van der Waals surface area contributed by atoms with E-state index in [4.69, 9.17) is 9.26 Å². The van der Waals surface area contributed by atoms with Gasteiger partial charge < -0.3 is 19.9 Å². The van der Waals surface area contributed by atoms with Crippen molar-refractivity contribution in [1.82, 2.24) is 20.7 Å². The predicted octanol–water partition coefficient (Wildman–Crippen LogP) is 0.721. The van der Waals surface area contributed by atoms with Crippen LogP contribution in [-0.4, -0.2) is 69.0 Å². The number of hydrogen-bond donors (Lipinski definition) is 2. The molecule has 0 aromatic carbocycles. The minimum Gasteiger partial charge on any atom is -0.379 e. The lowest BCUT2D eigenvalue weighted by Crippen LogP contribution is -2.44. The molecule has 23 heavy (non-hydrogen) atoms. The molecule has 2 heterocycles. The van der Waals surface area contributed by atoms with E-state index in [2.05, 4.69) is 25.7 Å². The standard InChI is InChI=1S/C16H29N5O2/c1-13-15(14(2)23-20-13)5-4-6-18-16(17-3)19-7-8-21-9-11-22-12-10-21/h4-12H2,1-3H3,(H2,17,18,19). The fraction of sp³-hybridized carbons (Fsp3) is 0.750. The van der Waals surface area contributed by atoms with Gasteiger partial charge >= 0.3 is 0 Å².